The van der Waals surface area contributed by atoms with Gasteiger partial charge in [-0.05, 0) is 51.3 Å². The van der Waals surface area contributed by atoms with E-state index in [0.29, 0.717) is 6.79 Å². The summed E-state index contributed by atoms with van der Waals surface area (Å²) in [4.78, 5) is 4.36. The third-order valence-electron chi connectivity index (χ3n) is 4.75. The van der Waals surface area contributed by atoms with Crippen molar-refractivity contribution in [2.75, 3.05) is 33.6 Å². The molecule has 0 amide bonds. The zero-order chi connectivity index (χ0) is 17.9. The van der Waals surface area contributed by atoms with E-state index in [0.717, 1.165) is 50.1 Å². The lowest BCUT2D eigenvalue weighted by molar-refractivity contribution is 0.0513. The van der Waals surface area contributed by atoms with Crippen molar-refractivity contribution in [3.8, 4) is 11.5 Å². The van der Waals surface area contributed by atoms with Crippen molar-refractivity contribution < 1.29 is 14.2 Å². The molecule has 2 aliphatic rings. The van der Waals surface area contributed by atoms with Crippen LogP contribution in [0.3, 0.4) is 0 Å². The van der Waals surface area contributed by atoms with Gasteiger partial charge in [0.25, 0.3) is 0 Å². The minimum Gasteiger partial charge on any atom is -0.454 e. The van der Waals surface area contributed by atoms with E-state index in [2.05, 4.69) is 48.5 Å². The molecule has 1 saturated heterocycles. The first-order chi connectivity index (χ1) is 11.9. The molecule has 0 spiro atoms. The average Bonchev–Trinajstić information content (AvgIpc) is 3.06. The number of nitrogens with zero attached hydrogens (tertiary/aromatic N) is 1. The highest BCUT2D eigenvalue weighted by molar-refractivity contribution is 14.0. The van der Waals surface area contributed by atoms with Gasteiger partial charge >= 0.3 is 0 Å². The molecule has 3 rings (SSSR count). The third-order valence-corrected chi connectivity index (χ3v) is 4.75. The summed E-state index contributed by atoms with van der Waals surface area (Å²) in [6.45, 7) is 9.01. The molecule has 1 fully saturated rings. The Morgan fingerprint density at radius 1 is 1.15 bits per heavy atom. The molecule has 2 aliphatic heterocycles. The summed E-state index contributed by atoms with van der Waals surface area (Å²) in [6.07, 6.45) is 1.93. The van der Waals surface area contributed by atoms with Crippen LogP contribution in [-0.2, 0) is 10.2 Å². The molecule has 6 nitrogen and oxygen atoms in total. The molecule has 0 aliphatic carbocycles. The van der Waals surface area contributed by atoms with E-state index in [1.165, 1.54) is 5.56 Å². The maximum Gasteiger partial charge on any atom is 0.231 e. The molecule has 26 heavy (non-hydrogen) atoms. The van der Waals surface area contributed by atoms with Crippen LogP contribution in [0.2, 0.25) is 0 Å². The highest BCUT2D eigenvalue weighted by atomic mass is 127. The molecule has 0 atom stereocenters. The summed E-state index contributed by atoms with van der Waals surface area (Å²) >= 11 is 0. The van der Waals surface area contributed by atoms with Gasteiger partial charge in [0.1, 0.15) is 0 Å². The molecule has 1 aromatic carbocycles. The Bertz CT molecular complexity index is 637. The fourth-order valence-electron chi connectivity index (χ4n) is 3.34. The first-order valence-electron chi connectivity index (χ1n) is 8.89. The standard InChI is InChI=1S/C19H29N3O3.HI/c1-18(2,3)22-17(20-4)21-12-19(7-9-23-10-8-19)14-5-6-15-16(11-14)25-13-24-15;/h5-6,11H,7-10,12-13H2,1-4H3,(H2,20,21,22);1H. The minimum absolute atomic E-state index is 0. The van der Waals surface area contributed by atoms with Gasteiger partial charge in [0.05, 0.1) is 0 Å². The van der Waals surface area contributed by atoms with E-state index < -0.39 is 0 Å². The fourth-order valence-corrected chi connectivity index (χ4v) is 3.34. The van der Waals surface area contributed by atoms with Gasteiger partial charge in [0, 0.05) is 37.8 Å². The van der Waals surface area contributed by atoms with Crippen molar-refractivity contribution in [2.45, 2.75) is 44.6 Å². The molecule has 0 radical (unpaired) electrons. The molecular weight excluding hydrogens is 445 g/mol. The van der Waals surface area contributed by atoms with Gasteiger partial charge in [0.15, 0.2) is 17.5 Å². The number of ether oxygens (including phenoxy) is 3. The lowest BCUT2D eigenvalue weighted by Crippen LogP contribution is -2.52. The fraction of sp³-hybridized carbons (Fsp3) is 0.632. The van der Waals surface area contributed by atoms with Crippen LogP contribution in [0.1, 0.15) is 39.2 Å². The first kappa shape index (κ1) is 21.1. The monoisotopic (exact) mass is 475 g/mol. The molecule has 2 N–H and O–H groups in total. The Labute approximate surface area is 173 Å². The van der Waals surface area contributed by atoms with Gasteiger partial charge < -0.3 is 24.8 Å². The van der Waals surface area contributed by atoms with Crippen LogP contribution in [0, 0.1) is 0 Å². The molecule has 0 bridgehead atoms. The predicted molar refractivity (Wildman–Crippen MR) is 114 cm³/mol. The van der Waals surface area contributed by atoms with Gasteiger partial charge in [-0.25, -0.2) is 0 Å². The van der Waals surface area contributed by atoms with Crippen LogP contribution in [0.5, 0.6) is 11.5 Å². The average molecular weight is 475 g/mol. The second-order valence-corrected chi connectivity index (χ2v) is 7.76. The Morgan fingerprint density at radius 2 is 1.85 bits per heavy atom. The number of nitrogens with one attached hydrogen (secondary N) is 2. The van der Waals surface area contributed by atoms with Gasteiger partial charge in [0.2, 0.25) is 6.79 Å². The number of halogens is 1. The van der Waals surface area contributed by atoms with Crippen LogP contribution in [-0.4, -0.2) is 45.1 Å². The summed E-state index contributed by atoms with van der Waals surface area (Å²) < 4.78 is 16.7. The van der Waals surface area contributed by atoms with Crippen LogP contribution in [0.15, 0.2) is 23.2 Å². The molecule has 0 aromatic heterocycles. The second kappa shape index (κ2) is 8.65. The van der Waals surface area contributed by atoms with Crippen molar-refractivity contribution in [3.63, 3.8) is 0 Å². The van der Waals surface area contributed by atoms with Gasteiger partial charge in [-0.1, -0.05) is 6.07 Å². The Morgan fingerprint density at radius 3 is 2.50 bits per heavy atom. The molecule has 0 saturated carbocycles. The SMILES string of the molecule is CN=C(NCC1(c2ccc3c(c2)OCO3)CCOCC1)NC(C)(C)C.I. The van der Waals surface area contributed by atoms with E-state index in [-0.39, 0.29) is 34.9 Å². The molecule has 1 aromatic rings. The Kier molecular flexibility index (Phi) is 7.01. The number of hydrogen-bond donors (Lipinski definition) is 2. The van der Waals surface area contributed by atoms with E-state index in [9.17, 15) is 0 Å². The van der Waals surface area contributed by atoms with Gasteiger partial charge in [-0.3, -0.25) is 4.99 Å². The zero-order valence-corrected chi connectivity index (χ0v) is 18.4. The number of hydrogen-bond acceptors (Lipinski definition) is 4. The molecular formula is C19H30IN3O3. The summed E-state index contributed by atoms with van der Waals surface area (Å²) in [5.74, 6) is 2.48. The van der Waals surface area contributed by atoms with E-state index >= 15 is 0 Å². The zero-order valence-electron chi connectivity index (χ0n) is 16.1. The lowest BCUT2D eigenvalue weighted by Gasteiger charge is -2.38. The largest absolute Gasteiger partial charge is 0.454 e. The summed E-state index contributed by atoms with van der Waals surface area (Å²) in [5, 5.41) is 6.93. The number of aliphatic imine (C=N–C) groups is 1. The smallest absolute Gasteiger partial charge is 0.231 e. The van der Waals surface area contributed by atoms with E-state index in [4.69, 9.17) is 14.2 Å². The van der Waals surface area contributed by atoms with Crippen molar-refractivity contribution in [1.29, 1.82) is 0 Å². The third kappa shape index (κ3) is 4.94. The Balaban J connectivity index is 0.00000243. The molecule has 7 heteroatoms. The summed E-state index contributed by atoms with van der Waals surface area (Å²) in [5.41, 5.74) is 1.22. The van der Waals surface area contributed by atoms with Crippen molar-refractivity contribution >= 4 is 29.9 Å². The number of fused-ring (bicyclic) bond motifs is 1. The number of guanidine groups is 1. The van der Waals surface area contributed by atoms with Crippen LogP contribution in [0.4, 0.5) is 0 Å². The van der Waals surface area contributed by atoms with Crippen LogP contribution < -0.4 is 20.1 Å². The molecule has 146 valence electrons. The first-order valence-corrected chi connectivity index (χ1v) is 8.89. The van der Waals surface area contributed by atoms with Crippen LogP contribution in [0.25, 0.3) is 0 Å². The van der Waals surface area contributed by atoms with E-state index in [1.807, 2.05) is 6.07 Å². The van der Waals surface area contributed by atoms with Crippen molar-refractivity contribution in [1.82, 2.24) is 10.6 Å². The highest BCUT2D eigenvalue weighted by Crippen LogP contribution is 2.40. The van der Waals surface area contributed by atoms with Gasteiger partial charge in [-0.15, -0.1) is 24.0 Å². The maximum absolute atomic E-state index is 5.62. The normalized spacial score (nSPS) is 18.8. The topological polar surface area (TPSA) is 64.1 Å². The highest BCUT2D eigenvalue weighted by Gasteiger charge is 2.36. The molecule has 2 heterocycles. The predicted octanol–water partition coefficient (Wildman–Crippen LogP) is 3.05. The summed E-state index contributed by atoms with van der Waals surface area (Å²) in [6, 6.07) is 6.28. The molecule has 0 unspecified atom stereocenters. The van der Waals surface area contributed by atoms with Gasteiger partial charge in [-0.2, -0.15) is 0 Å². The second-order valence-electron chi connectivity index (χ2n) is 7.76. The van der Waals surface area contributed by atoms with Crippen molar-refractivity contribution in [3.05, 3.63) is 23.8 Å². The number of benzene rings is 1. The lowest BCUT2D eigenvalue weighted by atomic mass is 9.74. The quantitative estimate of drug-likeness (QED) is 0.400. The Hall–Kier alpha value is -1.22. The number of rotatable bonds is 3. The van der Waals surface area contributed by atoms with E-state index in [1.54, 1.807) is 7.05 Å². The summed E-state index contributed by atoms with van der Waals surface area (Å²) in [7, 11) is 1.80. The minimum atomic E-state index is -0.0383. The van der Waals surface area contributed by atoms with Crippen LogP contribution >= 0.6 is 24.0 Å². The van der Waals surface area contributed by atoms with Crippen molar-refractivity contribution in [2.24, 2.45) is 4.99 Å². The maximum atomic E-state index is 5.62.